The average Bonchev–Trinajstić information content (AvgIpc) is 3.51. The summed E-state index contributed by atoms with van der Waals surface area (Å²) < 4.78 is 51.9. The smallest absolute Gasteiger partial charge is 0.187 e. The van der Waals surface area contributed by atoms with E-state index in [1.807, 2.05) is 14.1 Å². The van der Waals surface area contributed by atoms with E-state index in [0.29, 0.717) is 25.8 Å². The van der Waals surface area contributed by atoms with E-state index in [1.165, 1.54) is 7.11 Å². The Balaban J connectivity index is 1.66. The van der Waals surface area contributed by atoms with Gasteiger partial charge in [0, 0.05) is 75.4 Å². The number of rotatable bonds is 21. The van der Waals surface area contributed by atoms with Gasteiger partial charge >= 0.3 is 0 Å². The van der Waals surface area contributed by atoms with Crippen LogP contribution in [0.3, 0.4) is 0 Å². The van der Waals surface area contributed by atoms with Crippen molar-refractivity contribution in [1.82, 2.24) is 21.3 Å². The van der Waals surface area contributed by atoms with Crippen molar-refractivity contribution in [1.29, 1.82) is 0 Å². The SMILES string of the molecule is CNC1CC(NC)C(OC2OC(CN=[N+]=[N-])CC(CO)C2NC)C(OC2OC(CCO)C(OC3OC(CCN)C(CO)C(CO)C3NC)C2OC)C1OC. The Hall–Kier alpha value is -1.37. The highest BCUT2D eigenvalue weighted by Gasteiger charge is 2.55. The molecular weight excluding hydrogens is 712 g/mol. The van der Waals surface area contributed by atoms with Gasteiger partial charge in [0.25, 0.3) is 0 Å². The Morgan fingerprint density at radius 3 is 1.85 bits per heavy atom. The summed E-state index contributed by atoms with van der Waals surface area (Å²) in [4.78, 5) is 2.89. The van der Waals surface area contributed by atoms with Gasteiger partial charge in [-0.25, -0.2) is 0 Å². The van der Waals surface area contributed by atoms with Crippen molar-refractivity contribution in [2.75, 3.05) is 81.9 Å². The van der Waals surface area contributed by atoms with E-state index in [-0.39, 0.29) is 63.3 Å². The first-order valence-electron chi connectivity index (χ1n) is 19.1. The van der Waals surface area contributed by atoms with E-state index in [0.717, 1.165) is 0 Å². The lowest BCUT2D eigenvalue weighted by Crippen LogP contribution is -2.67. The number of aliphatic hydroxyl groups excluding tert-OH is 4. The molecule has 4 aliphatic rings. The van der Waals surface area contributed by atoms with Crippen LogP contribution in [0.5, 0.6) is 0 Å². The number of nitrogens with two attached hydrogens (primary N) is 1. The van der Waals surface area contributed by atoms with Crippen molar-refractivity contribution in [3.05, 3.63) is 10.4 Å². The van der Waals surface area contributed by atoms with Gasteiger partial charge < -0.3 is 85.3 Å². The summed E-state index contributed by atoms with van der Waals surface area (Å²) in [7, 11) is 10.3. The van der Waals surface area contributed by atoms with Crippen LogP contribution in [-0.2, 0) is 37.9 Å². The van der Waals surface area contributed by atoms with Crippen LogP contribution in [-0.4, -0.2) is 194 Å². The molecule has 20 heteroatoms. The molecule has 3 heterocycles. The molecule has 3 saturated heterocycles. The Morgan fingerprint density at radius 1 is 0.685 bits per heavy atom. The van der Waals surface area contributed by atoms with Crippen LogP contribution in [0.25, 0.3) is 10.4 Å². The Bertz CT molecular complexity index is 1130. The zero-order valence-corrected chi connectivity index (χ0v) is 32.4. The van der Waals surface area contributed by atoms with Crippen LogP contribution < -0.4 is 27.0 Å². The highest BCUT2D eigenvalue weighted by molar-refractivity contribution is 5.04. The number of hydrogen-bond acceptors (Lipinski definition) is 18. The lowest BCUT2D eigenvalue weighted by molar-refractivity contribution is -0.299. The number of likely N-dealkylation sites (N-methyl/N-ethyl adjacent to an activating group) is 4. The third kappa shape index (κ3) is 10.2. The molecule has 20 nitrogen and oxygen atoms in total. The van der Waals surface area contributed by atoms with Gasteiger partial charge in [-0.3, -0.25) is 0 Å². The first-order chi connectivity index (χ1) is 26.2. The van der Waals surface area contributed by atoms with E-state index >= 15 is 0 Å². The number of nitrogens with one attached hydrogen (secondary N) is 4. The molecule has 10 N–H and O–H groups in total. The van der Waals surface area contributed by atoms with Crippen molar-refractivity contribution in [3.63, 3.8) is 0 Å². The molecule has 1 aliphatic carbocycles. The molecule has 54 heavy (non-hydrogen) atoms. The number of nitrogens with zero attached hydrogens (tertiary/aromatic N) is 3. The van der Waals surface area contributed by atoms with Crippen LogP contribution in [0.15, 0.2) is 5.11 Å². The standard InChI is InChI=1S/C34H66N8O12/c1-37-21-12-22(38-2)28(52-32-25(39-3)17(14-44)11-18(49-32)13-41-42-36)30(27(21)47-5)54-34-31(48-6)29(24(51-34)8-10-43)53-33-26(40-4)20(16-46)19(15-45)23(50-33)7-9-35/h17-34,37-40,43-46H,7-16,35H2,1-6H3. The van der Waals surface area contributed by atoms with Crippen LogP contribution in [0.1, 0.15) is 25.7 Å². The van der Waals surface area contributed by atoms with Crippen LogP contribution in [0.4, 0.5) is 0 Å². The highest BCUT2D eigenvalue weighted by Crippen LogP contribution is 2.39. The van der Waals surface area contributed by atoms with Crippen molar-refractivity contribution in [2.45, 2.75) is 118 Å². The second-order valence-electron chi connectivity index (χ2n) is 14.4. The van der Waals surface area contributed by atoms with Gasteiger partial charge in [-0.2, -0.15) is 0 Å². The molecule has 1 saturated carbocycles. The van der Waals surface area contributed by atoms with Gasteiger partial charge in [-0.05, 0) is 65.9 Å². The molecule has 0 aromatic rings. The molecule has 4 fully saturated rings. The molecule has 0 aromatic heterocycles. The Labute approximate surface area is 318 Å². The number of aliphatic hydroxyl groups is 4. The average molecular weight is 779 g/mol. The van der Waals surface area contributed by atoms with E-state index in [2.05, 4.69) is 31.3 Å². The highest BCUT2D eigenvalue weighted by atomic mass is 16.8. The number of ether oxygens (including phenoxy) is 8. The molecule has 0 radical (unpaired) electrons. The van der Waals surface area contributed by atoms with Gasteiger partial charge in [-0.1, -0.05) is 5.11 Å². The zero-order valence-electron chi connectivity index (χ0n) is 32.4. The molecule has 0 aromatic carbocycles. The minimum Gasteiger partial charge on any atom is -0.396 e. The molecule has 0 spiro atoms. The van der Waals surface area contributed by atoms with Gasteiger partial charge in [0.15, 0.2) is 18.9 Å². The summed E-state index contributed by atoms with van der Waals surface area (Å²) in [5.41, 5.74) is 14.9. The van der Waals surface area contributed by atoms with E-state index in [1.54, 1.807) is 21.2 Å². The van der Waals surface area contributed by atoms with Crippen LogP contribution >= 0.6 is 0 Å². The molecule has 0 bridgehead atoms. The lowest BCUT2D eigenvalue weighted by Gasteiger charge is -2.49. The fourth-order valence-corrected chi connectivity index (χ4v) is 8.89. The number of hydrogen-bond donors (Lipinski definition) is 9. The van der Waals surface area contributed by atoms with Crippen molar-refractivity contribution in [2.24, 2.45) is 28.6 Å². The zero-order chi connectivity index (χ0) is 39.4. The van der Waals surface area contributed by atoms with Gasteiger partial charge in [-0.15, -0.1) is 0 Å². The fraction of sp³-hybridized carbons (Fsp3) is 1.00. The van der Waals surface area contributed by atoms with Crippen molar-refractivity contribution in [3.8, 4) is 0 Å². The van der Waals surface area contributed by atoms with Crippen molar-refractivity contribution < 1.29 is 58.3 Å². The third-order valence-electron chi connectivity index (χ3n) is 11.7. The molecular formula is C34H66N8O12. The van der Waals surface area contributed by atoms with Gasteiger partial charge in [0.1, 0.15) is 30.5 Å². The first kappa shape index (κ1) is 45.3. The summed E-state index contributed by atoms with van der Waals surface area (Å²) in [5.74, 6) is -1.02. The molecule has 4 rings (SSSR count). The minimum atomic E-state index is -1.02. The van der Waals surface area contributed by atoms with Crippen LogP contribution in [0.2, 0.25) is 0 Å². The van der Waals surface area contributed by atoms with E-state index < -0.39 is 85.7 Å². The number of methoxy groups -OCH3 is 2. The minimum absolute atomic E-state index is 0.0801. The first-order valence-corrected chi connectivity index (χ1v) is 19.1. The summed E-state index contributed by atoms with van der Waals surface area (Å²) >= 11 is 0. The van der Waals surface area contributed by atoms with E-state index in [9.17, 15) is 20.4 Å². The summed E-state index contributed by atoms with van der Waals surface area (Å²) in [6, 6.07) is -1.34. The van der Waals surface area contributed by atoms with Crippen LogP contribution in [0, 0.1) is 17.8 Å². The second kappa shape index (κ2) is 22.5. The maximum Gasteiger partial charge on any atom is 0.187 e. The second-order valence-corrected chi connectivity index (χ2v) is 14.4. The Morgan fingerprint density at radius 2 is 1.30 bits per heavy atom. The third-order valence-corrected chi connectivity index (χ3v) is 11.7. The Kier molecular flexibility index (Phi) is 18.9. The molecule has 0 amide bonds. The summed E-state index contributed by atoms with van der Waals surface area (Å²) in [5, 5.41) is 58.0. The quantitative estimate of drug-likeness (QED) is 0.0327. The largest absolute Gasteiger partial charge is 0.396 e. The predicted octanol–water partition coefficient (Wildman–Crippen LogP) is -2.64. The normalized spacial score (nSPS) is 42.9. The monoisotopic (exact) mass is 778 g/mol. The molecule has 3 aliphatic heterocycles. The summed E-state index contributed by atoms with van der Waals surface area (Å²) in [6.07, 6.45) is -6.32. The van der Waals surface area contributed by atoms with Gasteiger partial charge in [0.2, 0.25) is 0 Å². The molecule has 314 valence electrons. The topological polar surface area (TPSA) is 278 Å². The van der Waals surface area contributed by atoms with Crippen molar-refractivity contribution >= 4 is 0 Å². The lowest BCUT2D eigenvalue weighted by atomic mass is 9.79. The fourth-order valence-electron chi connectivity index (χ4n) is 8.89. The maximum absolute atomic E-state index is 10.4. The predicted molar refractivity (Wildman–Crippen MR) is 194 cm³/mol. The summed E-state index contributed by atoms with van der Waals surface area (Å²) in [6.45, 7) is -0.351. The van der Waals surface area contributed by atoms with E-state index in [4.69, 9.17) is 49.2 Å². The molecule has 18 atom stereocenters. The number of azide groups is 1. The molecule has 18 unspecified atom stereocenters. The maximum atomic E-state index is 10.4. The van der Waals surface area contributed by atoms with Gasteiger partial charge in [0.05, 0.1) is 36.9 Å².